The molecule has 0 bridgehead atoms. The van der Waals surface area contributed by atoms with E-state index in [1.807, 2.05) is 24.3 Å². The second-order valence-electron chi connectivity index (χ2n) is 16.3. The Labute approximate surface area is 304 Å². The van der Waals surface area contributed by atoms with Gasteiger partial charge in [0.15, 0.2) is 0 Å². The molecule has 2 aromatic rings. The largest absolute Gasteiger partial charge is 0.458 e. The number of hydrogen-bond acceptors (Lipinski definition) is 4. The highest BCUT2D eigenvalue weighted by atomic mass is 16.6. The summed E-state index contributed by atoms with van der Waals surface area (Å²) in [6.45, 7) is 4.67. The van der Waals surface area contributed by atoms with Crippen LogP contribution in [0.3, 0.4) is 0 Å². The van der Waals surface area contributed by atoms with E-state index in [0.717, 1.165) is 37.5 Å². The summed E-state index contributed by atoms with van der Waals surface area (Å²) in [5.41, 5.74) is 3.86. The van der Waals surface area contributed by atoms with Crippen molar-refractivity contribution in [3.8, 4) is 0 Å². The molecule has 0 heterocycles. The molecule has 5 rings (SSSR count). The molecule has 3 aliphatic carbocycles. The van der Waals surface area contributed by atoms with E-state index in [4.69, 9.17) is 9.47 Å². The summed E-state index contributed by atoms with van der Waals surface area (Å²) >= 11 is 0. The molecule has 2 aromatic carbocycles. The molecule has 3 fully saturated rings. The summed E-state index contributed by atoms with van der Waals surface area (Å²) in [6, 6.07) is 16.3. The van der Waals surface area contributed by atoms with Crippen molar-refractivity contribution in [2.24, 2.45) is 17.8 Å². The highest BCUT2D eigenvalue weighted by molar-refractivity contribution is 5.90. The van der Waals surface area contributed by atoms with Gasteiger partial charge in [0.25, 0.3) is 0 Å². The van der Waals surface area contributed by atoms with Gasteiger partial charge in [-0.15, -0.1) is 0 Å². The Morgan fingerprint density at radius 1 is 0.560 bits per heavy atom. The third-order valence-electron chi connectivity index (χ3n) is 12.7. The molecule has 3 saturated carbocycles. The van der Waals surface area contributed by atoms with Crippen molar-refractivity contribution < 1.29 is 19.1 Å². The van der Waals surface area contributed by atoms with Crippen LogP contribution in [-0.2, 0) is 9.47 Å². The predicted octanol–water partition coefficient (Wildman–Crippen LogP) is 13.1. The number of ether oxygens (including phenoxy) is 2. The molecule has 0 N–H and O–H groups in total. The maximum Gasteiger partial charge on any atom is 0.338 e. The fourth-order valence-corrected chi connectivity index (χ4v) is 9.29. The minimum absolute atomic E-state index is 0.110. The summed E-state index contributed by atoms with van der Waals surface area (Å²) in [5.74, 6) is 2.56. The molecule has 3 aliphatic rings. The predicted molar refractivity (Wildman–Crippen MR) is 206 cm³/mol. The SMILES string of the molecule is CCCCCCC1CCC(c2ccc(C(=O)OCC(OC(=O)c3ccc(C4CCC(CCCCCC)CC4)cc3)C3CCCCC3)cc2)CC1. The zero-order chi connectivity index (χ0) is 35.0. The molecule has 4 nitrogen and oxygen atoms in total. The molecule has 0 saturated heterocycles. The number of carbonyl (C=O) groups excluding carboxylic acids is 2. The van der Waals surface area contributed by atoms with Crippen LogP contribution in [0.25, 0.3) is 0 Å². The molecule has 0 radical (unpaired) electrons. The van der Waals surface area contributed by atoms with Crippen LogP contribution in [0.15, 0.2) is 48.5 Å². The Bertz CT molecular complexity index is 1240. The van der Waals surface area contributed by atoms with E-state index >= 15 is 0 Å². The first-order chi connectivity index (χ1) is 24.5. The molecule has 1 atom stereocenters. The maximum absolute atomic E-state index is 13.4. The molecule has 50 heavy (non-hydrogen) atoms. The number of benzene rings is 2. The van der Waals surface area contributed by atoms with Crippen LogP contribution in [0.4, 0.5) is 0 Å². The zero-order valence-corrected chi connectivity index (χ0v) is 31.7. The average molecular weight is 685 g/mol. The van der Waals surface area contributed by atoms with Crippen molar-refractivity contribution in [3.63, 3.8) is 0 Å². The quantitative estimate of drug-likeness (QED) is 0.116. The van der Waals surface area contributed by atoms with Crippen molar-refractivity contribution in [1.29, 1.82) is 0 Å². The van der Waals surface area contributed by atoms with Crippen LogP contribution in [0.1, 0.15) is 205 Å². The first kappa shape index (κ1) is 38.6. The number of unbranched alkanes of at least 4 members (excludes halogenated alkanes) is 6. The van der Waals surface area contributed by atoms with Crippen LogP contribution in [0.2, 0.25) is 0 Å². The second-order valence-corrected chi connectivity index (χ2v) is 16.3. The van der Waals surface area contributed by atoms with Gasteiger partial charge in [0.2, 0.25) is 0 Å². The molecular weight excluding hydrogens is 617 g/mol. The van der Waals surface area contributed by atoms with Gasteiger partial charge in [0.1, 0.15) is 12.7 Å². The van der Waals surface area contributed by atoms with Gasteiger partial charge in [-0.05, 0) is 129 Å². The number of esters is 2. The first-order valence-electron chi connectivity index (χ1n) is 21.1. The molecule has 4 heteroatoms. The molecule has 0 spiro atoms. The Morgan fingerprint density at radius 3 is 1.48 bits per heavy atom. The van der Waals surface area contributed by atoms with Gasteiger partial charge in [-0.1, -0.05) is 122 Å². The smallest absolute Gasteiger partial charge is 0.338 e. The minimum Gasteiger partial charge on any atom is -0.458 e. The number of carbonyl (C=O) groups is 2. The van der Waals surface area contributed by atoms with Gasteiger partial charge in [-0.3, -0.25) is 0 Å². The van der Waals surface area contributed by atoms with Crippen molar-refractivity contribution >= 4 is 11.9 Å². The highest BCUT2D eigenvalue weighted by Gasteiger charge is 2.30. The van der Waals surface area contributed by atoms with Crippen molar-refractivity contribution in [2.45, 2.75) is 179 Å². The van der Waals surface area contributed by atoms with Crippen LogP contribution in [-0.4, -0.2) is 24.6 Å². The normalized spacial score (nSPS) is 23.6. The van der Waals surface area contributed by atoms with E-state index in [0.29, 0.717) is 23.0 Å². The first-order valence-corrected chi connectivity index (χ1v) is 21.1. The fourth-order valence-electron chi connectivity index (χ4n) is 9.29. The second kappa shape index (κ2) is 21.0. The summed E-state index contributed by atoms with van der Waals surface area (Å²) in [4.78, 5) is 26.6. The lowest BCUT2D eigenvalue weighted by Crippen LogP contribution is -2.33. The van der Waals surface area contributed by atoms with Crippen LogP contribution >= 0.6 is 0 Å². The van der Waals surface area contributed by atoms with Crippen LogP contribution in [0.5, 0.6) is 0 Å². The standard InChI is InChI=1S/C46H68O4/c1-3-5-7-10-14-35-18-22-37(23-19-35)39-26-30-42(31-27-39)45(47)49-34-44(41-16-12-9-13-17-41)50-46(48)43-32-28-40(29-33-43)38-24-20-36(21-25-38)15-11-8-6-4-2/h26-33,35-38,41,44H,3-25,34H2,1-2H3. The molecular formula is C46H68O4. The summed E-state index contributed by atoms with van der Waals surface area (Å²) in [7, 11) is 0. The van der Waals surface area contributed by atoms with E-state index in [-0.39, 0.29) is 24.5 Å². The Kier molecular flexibility index (Phi) is 16.2. The van der Waals surface area contributed by atoms with E-state index in [1.165, 1.54) is 133 Å². The zero-order valence-electron chi connectivity index (χ0n) is 31.7. The third-order valence-corrected chi connectivity index (χ3v) is 12.7. The van der Waals surface area contributed by atoms with Crippen LogP contribution in [0, 0.1) is 17.8 Å². The number of hydrogen-bond donors (Lipinski definition) is 0. The van der Waals surface area contributed by atoms with E-state index in [1.54, 1.807) is 0 Å². The lowest BCUT2D eigenvalue weighted by Gasteiger charge is -2.30. The van der Waals surface area contributed by atoms with Gasteiger partial charge < -0.3 is 9.47 Å². The van der Waals surface area contributed by atoms with E-state index in [2.05, 4.69) is 38.1 Å². The van der Waals surface area contributed by atoms with Gasteiger partial charge >= 0.3 is 11.9 Å². The van der Waals surface area contributed by atoms with Gasteiger partial charge in [0, 0.05) is 0 Å². The monoisotopic (exact) mass is 685 g/mol. The average Bonchev–Trinajstić information content (AvgIpc) is 3.17. The molecule has 276 valence electrons. The Hall–Kier alpha value is -2.62. The van der Waals surface area contributed by atoms with Gasteiger partial charge in [0.05, 0.1) is 11.1 Å². The van der Waals surface area contributed by atoms with Gasteiger partial charge in [-0.2, -0.15) is 0 Å². The molecule has 0 aliphatic heterocycles. The lowest BCUT2D eigenvalue weighted by molar-refractivity contribution is -0.0247. The summed E-state index contributed by atoms with van der Waals surface area (Å²) < 4.78 is 12.0. The van der Waals surface area contributed by atoms with Gasteiger partial charge in [-0.25, -0.2) is 9.59 Å². The summed E-state index contributed by atoms with van der Waals surface area (Å²) in [5, 5.41) is 0. The van der Waals surface area contributed by atoms with Crippen LogP contribution < -0.4 is 0 Å². The Balaban J connectivity index is 1.09. The lowest BCUT2D eigenvalue weighted by atomic mass is 9.77. The molecule has 0 aromatic heterocycles. The maximum atomic E-state index is 13.4. The number of rotatable bonds is 18. The third kappa shape index (κ3) is 12.0. The topological polar surface area (TPSA) is 52.6 Å². The minimum atomic E-state index is -0.421. The highest BCUT2D eigenvalue weighted by Crippen LogP contribution is 2.39. The fraction of sp³-hybridized carbons (Fsp3) is 0.696. The van der Waals surface area contributed by atoms with Crippen molar-refractivity contribution in [2.75, 3.05) is 6.61 Å². The van der Waals surface area contributed by atoms with E-state index in [9.17, 15) is 9.59 Å². The van der Waals surface area contributed by atoms with E-state index < -0.39 is 6.10 Å². The van der Waals surface area contributed by atoms with Crippen molar-refractivity contribution in [1.82, 2.24) is 0 Å². The Morgan fingerprint density at radius 2 is 1.02 bits per heavy atom. The van der Waals surface area contributed by atoms with Crippen molar-refractivity contribution in [3.05, 3.63) is 70.8 Å². The summed E-state index contributed by atoms with van der Waals surface area (Å²) in [6.07, 6.45) is 29.0. The molecule has 1 unspecified atom stereocenters. The molecule has 0 amide bonds.